The summed E-state index contributed by atoms with van der Waals surface area (Å²) in [6, 6.07) is 12.9. The number of ether oxygens (including phenoxy) is 1. The van der Waals surface area contributed by atoms with Crippen LogP contribution in [0.2, 0.25) is 0 Å². The lowest BCUT2D eigenvalue weighted by Gasteiger charge is -2.17. The molecule has 0 aliphatic carbocycles. The normalized spacial score (nSPS) is 16.0. The van der Waals surface area contributed by atoms with Gasteiger partial charge >= 0.3 is 0 Å². The lowest BCUT2D eigenvalue weighted by Crippen LogP contribution is -2.24. The second-order valence-corrected chi connectivity index (χ2v) is 8.31. The van der Waals surface area contributed by atoms with Gasteiger partial charge in [0, 0.05) is 30.1 Å². The monoisotopic (exact) mass is 422 g/mol. The zero-order valence-corrected chi connectivity index (χ0v) is 17.8. The van der Waals surface area contributed by atoms with Gasteiger partial charge in [-0.1, -0.05) is 17.4 Å². The average molecular weight is 423 g/mol. The van der Waals surface area contributed by atoms with E-state index < -0.39 is 0 Å². The van der Waals surface area contributed by atoms with Gasteiger partial charge in [-0.05, 0) is 61.4 Å². The second kappa shape index (κ2) is 8.23. The van der Waals surface area contributed by atoms with Gasteiger partial charge in [-0.3, -0.25) is 14.9 Å². The van der Waals surface area contributed by atoms with Crippen LogP contribution >= 0.6 is 11.3 Å². The fraction of sp³-hybridized carbons (Fsp3) is 0.273. The van der Waals surface area contributed by atoms with Gasteiger partial charge in [0.25, 0.3) is 5.91 Å². The molecule has 3 aromatic rings. The molecule has 30 heavy (non-hydrogen) atoms. The summed E-state index contributed by atoms with van der Waals surface area (Å²) in [7, 11) is 1.58. The molecule has 154 valence electrons. The Morgan fingerprint density at radius 3 is 2.60 bits per heavy atom. The van der Waals surface area contributed by atoms with E-state index in [9.17, 15) is 9.59 Å². The predicted molar refractivity (Wildman–Crippen MR) is 116 cm³/mol. The van der Waals surface area contributed by atoms with Crippen molar-refractivity contribution < 1.29 is 14.3 Å². The van der Waals surface area contributed by atoms with Crippen LogP contribution in [-0.4, -0.2) is 35.7 Å². The Labute approximate surface area is 178 Å². The van der Waals surface area contributed by atoms with E-state index in [4.69, 9.17) is 4.74 Å². The molecule has 0 bridgehead atoms. The summed E-state index contributed by atoms with van der Waals surface area (Å²) in [4.78, 5) is 26.8. The van der Waals surface area contributed by atoms with Crippen molar-refractivity contribution in [1.82, 2.24) is 10.2 Å². The van der Waals surface area contributed by atoms with Gasteiger partial charge in [0.05, 0.1) is 7.11 Å². The number of methoxy groups -OCH3 is 1. The van der Waals surface area contributed by atoms with Crippen molar-refractivity contribution in [2.24, 2.45) is 0 Å². The van der Waals surface area contributed by atoms with Crippen molar-refractivity contribution in [3.8, 4) is 5.75 Å². The quantitative estimate of drug-likeness (QED) is 0.673. The molecule has 0 radical (unpaired) electrons. The highest BCUT2D eigenvalue weighted by atomic mass is 32.1. The van der Waals surface area contributed by atoms with E-state index in [1.807, 2.05) is 25.1 Å². The van der Waals surface area contributed by atoms with Gasteiger partial charge in [-0.2, -0.15) is 0 Å². The van der Waals surface area contributed by atoms with Crippen molar-refractivity contribution in [1.29, 1.82) is 0 Å². The number of benzene rings is 2. The van der Waals surface area contributed by atoms with Crippen LogP contribution in [0.4, 0.5) is 10.8 Å². The van der Waals surface area contributed by atoms with E-state index in [1.165, 1.54) is 16.9 Å². The molecule has 0 spiro atoms. The third-order valence-electron chi connectivity index (χ3n) is 5.29. The molecule has 7 nitrogen and oxygen atoms in total. The molecule has 2 aromatic carbocycles. The zero-order valence-electron chi connectivity index (χ0n) is 17.0. The topological polar surface area (TPSA) is 84.4 Å². The third-order valence-corrected chi connectivity index (χ3v) is 6.29. The maximum Gasteiger partial charge on any atom is 0.257 e. The molecule has 1 aromatic heterocycles. The largest absolute Gasteiger partial charge is 0.497 e. The molecule has 0 saturated carbocycles. The van der Waals surface area contributed by atoms with Crippen LogP contribution in [0.5, 0.6) is 5.75 Å². The number of aromatic nitrogens is 2. The zero-order chi connectivity index (χ0) is 21.3. The molecule has 2 heterocycles. The summed E-state index contributed by atoms with van der Waals surface area (Å²) >= 11 is 1.31. The number of nitrogens with one attached hydrogen (secondary N) is 1. The minimum atomic E-state index is -0.264. The second-order valence-electron chi connectivity index (χ2n) is 7.30. The molecule has 1 fully saturated rings. The van der Waals surface area contributed by atoms with Crippen molar-refractivity contribution in [2.75, 3.05) is 23.9 Å². The molecular formula is C22H22N4O3S. The number of amides is 2. The number of hydrogen-bond acceptors (Lipinski definition) is 6. The Balaban J connectivity index is 1.44. The van der Waals surface area contributed by atoms with Gasteiger partial charge in [-0.25, -0.2) is 0 Å². The number of carbonyl (C=O) groups is 2. The molecule has 1 aliphatic rings. The predicted octanol–water partition coefficient (Wildman–Crippen LogP) is 3.94. The Hall–Kier alpha value is -3.26. The average Bonchev–Trinajstić information content (AvgIpc) is 3.36. The number of aryl methyl sites for hydroxylation is 2. The third kappa shape index (κ3) is 4.04. The van der Waals surface area contributed by atoms with Crippen LogP contribution in [0, 0.1) is 13.8 Å². The molecule has 1 N–H and O–H groups in total. The van der Waals surface area contributed by atoms with Gasteiger partial charge in [0.1, 0.15) is 10.8 Å². The van der Waals surface area contributed by atoms with Crippen LogP contribution in [-0.2, 0) is 4.79 Å². The van der Waals surface area contributed by atoms with E-state index in [2.05, 4.69) is 22.4 Å². The Bertz CT molecular complexity index is 1090. The van der Waals surface area contributed by atoms with Gasteiger partial charge in [0.2, 0.25) is 11.0 Å². The highest BCUT2D eigenvalue weighted by molar-refractivity contribution is 7.15. The molecule has 1 atom stereocenters. The first kappa shape index (κ1) is 20.0. The van der Waals surface area contributed by atoms with Gasteiger partial charge in [-0.15, -0.1) is 10.2 Å². The smallest absolute Gasteiger partial charge is 0.257 e. The van der Waals surface area contributed by atoms with Crippen LogP contribution in [0.1, 0.15) is 38.8 Å². The molecule has 8 heteroatoms. The number of anilines is 2. The highest BCUT2D eigenvalue weighted by Gasteiger charge is 2.34. The summed E-state index contributed by atoms with van der Waals surface area (Å²) in [5, 5.41) is 12.3. The molecule has 2 amide bonds. The summed E-state index contributed by atoms with van der Waals surface area (Å²) in [5.41, 5.74) is 3.76. The minimum Gasteiger partial charge on any atom is -0.497 e. The number of nitrogens with zero attached hydrogens (tertiary/aromatic N) is 3. The van der Waals surface area contributed by atoms with E-state index >= 15 is 0 Å². The van der Waals surface area contributed by atoms with E-state index in [1.54, 1.807) is 36.3 Å². The molecule has 1 saturated heterocycles. The van der Waals surface area contributed by atoms with E-state index in [0.29, 0.717) is 29.4 Å². The molecular weight excluding hydrogens is 400 g/mol. The first-order valence-electron chi connectivity index (χ1n) is 9.61. The first-order chi connectivity index (χ1) is 14.4. The summed E-state index contributed by atoms with van der Waals surface area (Å²) in [5.74, 6) is 0.453. The van der Waals surface area contributed by atoms with E-state index in [0.717, 1.165) is 16.3 Å². The Morgan fingerprint density at radius 2 is 1.90 bits per heavy atom. The minimum absolute atomic E-state index is 0.0387. The molecule has 1 aliphatic heterocycles. The van der Waals surface area contributed by atoms with Gasteiger partial charge < -0.3 is 9.64 Å². The summed E-state index contributed by atoms with van der Waals surface area (Å²) in [6.07, 6.45) is 0.383. The fourth-order valence-electron chi connectivity index (χ4n) is 3.38. The van der Waals surface area contributed by atoms with Gasteiger partial charge in [0.15, 0.2) is 0 Å². The van der Waals surface area contributed by atoms with Crippen molar-refractivity contribution >= 4 is 34.0 Å². The lowest BCUT2D eigenvalue weighted by molar-refractivity contribution is -0.117. The summed E-state index contributed by atoms with van der Waals surface area (Å²) < 4.78 is 5.11. The van der Waals surface area contributed by atoms with Crippen LogP contribution < -0.4 is 15.0 Å². The number of hydrogen-bond donors (Lipinski definition) is 1. The van der Waals surface area contributed by atoms with E-state index in [-0.39, 0.29) is 17.7 Å². The maximum absolute atomic E-state index is 12.6. The Kier molecular flexibility index (Phi) is 5.50. The van der Waals surface area contributed by atoms with Crippen molar-refractivity contribution in [3.63, 3.8) is 0 Å². The number of carbonyl (C=O) groups excluding carboxylic acids is 2. The van der Waals surface area contributed by atoms with Crippen LogP contribution in [0.15, 0.2) is 42.5 Å². The van der Waals surface area contributed by atoms with Crippen LogP contribution in [0.25, 0.3) is 0 Å². The standard InChI is InChI=1S/C22H22N4O3S/c1-13-4-7-17(10-14(13)2)26-12-16(11-19(26)27)21-24-25-22(30-21)23-20(28)15-5-8-18(29-3)9-6-15/h4-10,16H,11-12H2,1-3H3,(H,23,25,28)/t16-/m0/s1. The first-order valence-corrected chi connectivity index (χ1v) is 10.4. The maximum atomic E-state index is 12.6. The van der Waals surface area contributed by atoms with Crippen molar-refractivity contribution in [3.05, 3.63) is 64.2 Å². The molecule has 0 unspecified atom stereocenters. The fourth-order valence-corrected chi connectivity index (χ4v) is 4.21. The highest BCUT2D eigenvalue weighted by Crippen LogP contribution is 2.34. The molecule has 4 rings (SSSR count). The number of rotatable bonds is 5. The SMILES string of the molecule is COc1ccc(C(=O)Nc2nnc([C@H]3CC(=O)N(c4ccc(C)c(C)c4)C3)s2)cc1. The Morgan fingerprint density at radius 1 is 1.13 bits per heavy atom. The van der Waals surface area contributed by atoms with Crippen LogP contribution in [0.3, 0.4) is 0 Å². The van der Waals surface area contributed by atoms with Crippen molar-refractivity contribution in [2.45, 2.75) is 26.2 Å². The lowest BCUT2D eigenvalue weighted by atomic mass is 10.1. The summed E-state index contributed by atoms with van der Waals surface area (Å²) in [6.45, 7) is 4.65.